The second-order valence-electron chi connectivity index (χ2n) is 7.96. The van der Waals surface area contributed by atoms with Crippen molar-refractivity contribution < 1.29 is 9.47 Å². The minimum absolute atomic E-state index is 0.120. The molecule has 1 aromatic rings. The van der Waals surface area contributed by atoms with Crippen LogP contribution in [0, 0.1) is 0 Å². The monoisotopic (exact) mass is 321 g/mol. The summed E-state index contributed by atoms with van der Waals surface area (Å²) in [5, 5.41) is 7.43. The third-order valence-electron chi connectivity index (χ3n) is 4.94. The third-order valence-corrected chi connectivity index (χ3v) is 4.94. The lowest BCUT2D eigenvalue weighted by atomic mass is 9.89. The first kappa shape index (κ1) is 16.9. The van der Waals surface area contributed by atoms with Gasteiger partial charge in [0.15, 0.2) is 0 Å². The van der Waals surface area contributed by atoms with Crippen molar-refractivity contribution in [3.8, 4) is 0 Å². The van der Waals surface area contributed by atoms with Crippen LogP contribution in [0.4, 0.5) is 0 Å². The van der Waals surface area contributed by atoms with E-state index in [0.29, 0.717) is 12.2 Å². The SMILES string of the molecule is CC(C)(C)c1[nH]ncc1CN1CCC(OC[C@@H]2CCCO2)CC1. The maximum atomic E-state index is 6.06. The predicted octanol–water partition coefficient (Wildman–Crippen LogP) is 2.87. The molecule has 3 heterocycles. The zero-order chi connectivity index (χ0) is 16.3. The highest BCUT2D eigenvalue weighted by molar-refractivity contribution is 5.23. The fourth-order valence-electron chi connectivity index (χ4n) is 3.57. The van der Waals surface area contributed by atoms with Gasteiger partial charge in [-0.25, -0.2) is 0 Å². The number of nitrogens with zero attached hydrogens (tertiary/aromatic N) is 2. The molecule has 0 aromatic carbocycles. The topological polar surface area (TPSA) is 50.4 Å². The minimum atomic E-state index is 0.120. The number of ether oxygens (including phenoxy) is 2. The van der Waals surface area contributed by atoms with Gasteiger partial charge < -0.3 is 9.47 Å². The van der Waals surface area contributed by atoms with Crippen LogP contribution in [0.3, 0.4) is 0 Å². The second kappa shape index (κ2) is 7.32. The minimum Gasteiger partial charge on any atom is -0.376 e. The molecule has 0 aliphatic carbocycles. The molecule has 0 spiro atoms. The van der Waals surface area contributed by atoms with Gasteiger partial charge in [-0.05, 0) is 25.7 Å². The van der Waals surface area contributed by atoms with E-state index >= 15 is 0 Å². The Morgan fingerprint density at radius 2 is 2.09 bits per heavy atom. The first-order valence-electron chi connectivity index (χ1n) is 9.00. The molecule has 5 heteroatoms. The number of likely N-dealkylation sites (tertiary alicyclic amines) is 1. The van der Waals surface area contributed by atoms with E-state index in [-0.39, 0.29) is 5.41 Å². The van der Waals surface area contributed by atoms with Crippen molar-refractivity contribution >= 4 is 0 Å². The molecule has 3 rings (SSSR count). The molecule has 0 radical (unpaired) electrons. The van der Waals surface area contributed by atoms with Crippen LogP contribution >= 0.6 is 0 Å². The summed E-state index contributed by atoms with van der Waals surface area (Å²) in [5.74, 6) is 0. The van der Waals surface area contributed by atoms with Crippen molar-refractivity contribution in [1.82, 2.24) is 15.1 Å². The molecule has 1 atom stereocenters. The van der Waals surface area contributed by atoms with Crippen LogP contribution in [-0.2, 0) is 21.4 Å². The van der Waals surface area contributed by atoms with Crippen molar-refractivity contribution in [2.45, 2.75) is 70.6 Å². The van der Waals surface area contributed by atoms with Gasteiger partial charge in [-0.15, -0.1) is 0 Å². The summed E-state index contributed by atoms with van der Waals surface area (Å²) >= 11 is 0. The molecule has 0 bridgehead atoms. The number of aromatic nitrogens is 2. The number of nitrogens with one attached hydrogen (secondary N) is 1. The van der Waals surface area contributed by atoms with Gasteiger partial charge in [0.2, 0.25) is 0 Å². The van der Waals surface area contributed by atoms with E-state index in [1.807, 2.05) is 6.20 Å². The maximum absolute atomic E-state index is 6.06. The summed E-state index contributed by atoms with van der Waals surface area (Å²) in [5.41, 5.74) is 2.71. The number of aromatic amines is 1. The highest BCUT2D eigenvalue weighted by Gasteiger charge is 2.25. The Balaban J connectivity index is 1.43. The van der Waals surface area contributed by atoms with Crippen LogP contribution in [0.5, 0.6) is 0 Å². The van der Waals surface area contributed by atoms with Crippen molar-refractivity contribution in [3.63, 3.8) is 0 Å². The summed E-state index contributed by atoms with van der Waals surface area (Å²) in [6, 6.07) is 0. The highest BCUT2D eigenvalue weighted by Crippen LogP contribution is 2.25. The lowest BCUT2D eigenvalue weighted by molar-refractivity contribution is -0.0427. The summed E-state index contributed by atoms with van der Waals surface area (Å²) in [6.07, 6.45) is 7.32. The smallest absolute Gasteiger partial charge is 0.0809 e. The van der Waals surface area contributed by atoms with Crippen molar-refractivity contribution in [2.24, 2.45) is 0 Å². The Morgan fingerprint density at radius 3 is 2.74 bits per heavy atom. The van der Waals surface area contributed by atoms with Crippen molar-refractivity contribution in [2.75, 3.05) is 26.3 Å². The molecule has 130 valence electrons. The van der Waals surface area contributed by atoms with E-state index in [1.54, 1.807) is 0 Å². The van der Waals surface area contributed by atoms with Crippen LogP contribution in [0.25, 0.3) is 0 Å². The van der Waals surface area contributed by atoms with Gasteiger partial charge in [0, 0.05) is 42.9 Å². The van der Waals surface area contributed by atoms with Gasteiger partial charge in [-0.3, -0.25) is 10.00 Å². The molecular weight excluding hydrogens is 290 g/mol. The van der Waals surface area contributed by atoms with E-state index < -0.39 is 0 Å². The molecule has 2 aliphatic rings. The normalized spacial score (nSPS) is 24.4. The first-order chi connectivity index (χ1) is 11.0. The van der Waals surface area contributed by atoms with Gasteiger partial charge in [0.25, 0.3) is 0 Å². The van der Waals surface area contributed by atoms with Crippen molar-refractivity contribution in [3.05, 3.63) is 17.5 Å². The Labute approximate surface area is 139 Å². The molecule has 0 saturated carbocycles. The fraction of sp³-hybridized carbons (Fsp3) is 0.833. The van der Waals surface area contributed by atoms with E-state index in [9.17, 15) is 0 Å². The highest BCUT2D eigenvalue weighted by atomic mass is 16.5. The molecule has 5 nitrogen and oxygen atoms in total. The molecule has 0 unspecified atom stereocenters. The summed E-state index contributed by atoms with van der Waals surface area (Å²) in [6.45, 7) is 11.6. The predicted molar refractivity (Wildman–Crippen MR) is 90.5 cm³/mol. The Hall–Kier alpha value is -0.910. The maximum Gasteiger partial charge on any atom is 0.0809 e. The summed E-state index contributed by atoms with van der Waals surface area (Å²) in [4.78, 5) is 2.52. The number of hydrogen-bond donors (Lipinski definition) is 1. The Morgan fingerprint density at radius 1 is 1.30 bits per heavy atom. The molecule has 0 amide bonds. The molecular formula is C18H31N3O2. The van der Waals surface area contributed by atoms with Gasteiger partial charge in [-0.2, -0.15) is 5.10 Å². The van der Waals surface area contributed by atoms with Gasteiger partial charge in [-0.1, -0.05) is 20.8 Å². The largest absolute Gasteiger partial charge is 0.376 e. The average molecular weight is 321 g/mol. The quantitative estimate of drug-likeness (QED) is 0.906. The number of rotatable bonds is 5. The van der Waals surface area contributed by atoms with Crippen molar-refractivity contribution in [1.29, 1.82) is 0 Å². The fourth-order valence-corrected chi connectivity index (χ4v) is 3.57. The Bertz CT molecular complexity index is 481. The van der Waals surface area contributed by atoms with Gasteiger partial charge >= 0.3 is 0 Å². The second-order valence-corrected chi connectivity index (χ2v) is 7.96. The third kappa shape index (κ3) is 4.55. The van der Waals surface area contributed by atoms with E-state index in [4.69, 9.17) is 9.47 Å². The molecule has 1 N–H and O–H groups in total. The zero-order valence-corrected chi connectivity index (χ0v) is 14.8. The van der Waals surface area contributed by atoms with Crippen LogP contribution < -0.4 is 0 Å². The van der Waals surface area contributed by atoms with Crippen LogP contribution in [0.15, 0.2) is 6.20 Å². The van der Waals surface area contributed by atoms with Gasteiger partial charge in [0.05, 0.1) is 25.0 Å². The van der Waals surface area contributed by atoms with Crippen LogP contribution in [-0.4, -0.2) is 53.6 Å². The van der Waals surface area contributed by atoms with E-state index in [0.717, 1.165) is 52.1 Å². The lowest BCUT2D eigenvalue weighted by Gasteiger charge is -2.32. The summed E-state index contributed by atoms with van der Waals surface area (Å²) < 4.78 is 11.7. The molecule has 2 fully saturated rings. The van der Waals surface area contributed by atoms with E-state index in [2.05, 4.69) is 35.9 Å². The van der Waals surface area contributed by atoms with Crippen LogP contribution in [0.1, 0.15) is 57.7 Å². The lowest BCUT2D eigenvalue weighted by Crippen LogP contribution is -2.37. The number of hydrogen-bond acceptors (Lipinski definition) is 4. The zero-order valence-electron chi connectivity index (χ0n) is 14.8. The Kier molecular flexibility index (Phi) is 5.39. The van der Waals surface area contributed by atoms with Gasteiger partial charge in [0.1, 0.15) is 0 Å². The standard InChI is InChI=1S/C18H31N3O2/c1-18(2,3)17-14(11-19-20-17)12-21-8-6-15(7-9-21)23-13-16-5-4-10-22-16/h11,15-16H,4-10,12-13H2,1-3H3,(H,19,20)/t16-/m0/s1. The van der Waals surface area contributed by atoms with Crippen LogP contribution in [0.2, 0.25) is 0 Å². The van der Waals surface area contributed by atoms with E-state index in [1.165, 1.54) is 17.7 Å². The summed E-state index contributed by atoms with van der Waals surface area (Å²) in [7, 11) is 0. The first-order valence-corrected chi connectivity index (χ1v) is 9.00. The molecule has 23 heavy (non-hydrogen) atoms. The molecule has 2 aliphatic heterocycles. The average Bonchev–Trinajstić information content (AvgIpc) is 3.17. The molecule has 1 aromatic heterocycles. The molecule has 2 saturated heterocycles. The number of H-pyrrole nitrogens is 1. The number of piperidine rings is 1.